The highest BCUT2D eigenvalue weighted by molar-refractivity contribution is 5.83. The molecule has 0 radical (unpaired) electrons. The summed E-state index contributed by atoms with van der Waals surface area (Å²) in [7, 11) is 0. The Hall–Kier alpha value is -1.87. The predicted molar refractivity (Wildman–Crippen MR) is 171 cm³/mol. The zero-order valence-electron chi connectivity index (χ0n) is 28.2. The van der Waals surface area contributed by atoms with Crippen molar-refractivity contribution in [2.45, 2.75) is 174 Å². The molecule has 2 rings (SSSR count). The summed E-state index contributed by atoms with van der Waals surface area (Å²) in [5.41, 5.74) is 4.64. The molecule has 1 heterocycles. The van der Waals surface area contributed by atoms with Gasteiger partial charge in [-0.15, -0.1) is 0 Å². The summed E-state index contributed by atoms with van der Waals surface area (Å²) < 4.78 is 11.8. The average molecular weight is 610 g/mol. The number of nitrogens with two attached hydrogens (primary N) is 1. The highest BCUT2D eigenvalue weighted by atomic mass is 16.7. The number of carboxylic acid groups (broad SMARTS) is 1. The monoisotopic (exact) mass is 609 g/mol. The van der Waals surface area contributed by atoms with Crippen molar-refractivity contribution in [1.82, 2.24) is 10.2 Å². The van der Waals surface area contributed by atoms with Crippen molar-refractivity contribution in [3.63, 3.8) is 0 Å². The second-order valence-corrected chi connectivity index (χ2v) is 14.2. The number of aliphatic carboxylic acids is 1. The molecule has 1 saturated heterocycles. The SMILES string of the molecule is CCCCCCCCCCC(CCCCC)N(C(N)=O)C1(C(CNC(=O)C2OC(C)(C)OCC2(C)C)C(=O)O)CCCC1. The van der Waals surface area contributed by atoms with E-state index in [9.17, 15) is 19.5 Å². The van der Waals surface area contributed by atoms with Gasteiger partial charge in [0.05, 0.1) is 18.1 Å². The molecular formula is C34H63N3O6. The minimum atomic E-state index is -1.01. The summed E-state index contributed by atoms with van der Waals surface area (Å²) in [4.78, 5) is 41.5. The molecule has 0 spiro atoms. The first-order valence-electron chi connectivity index (χ1n) is 17.2. The van der Waals surface area contributed by atoms with Gasteiger partial charge in [-0.1, -0.05) is 111 Å². The van der Waals surface area contributed by atoms with Gasteiger partial charge in [-0.25, -0.2) is 4.79 Å². The van der Waals surface area contributed by atoms with E-state index in [1.165, 1.54) is 38.5 Å². The van der Waals surface area contributed by atoms with E-state index in [2.05, 4.69) is 19.2 Å². The number of ether oxygens (including phenoxy) is 2. The number of nitrogens with zero attached hydrogens (tertiary/aromatic N) is 1. The van der Waals surface area contributed by atoms with Crippen molar-refractivity contribution in [2.24, 2.45) is 17.1 Å². The molecule has 4 N–H and O–H groups in total. The molecule has 3 atom stereocenters. The number of urea groups is 1. The van der Waals surface area contributed by atoms with Gasteiger partial charge in [0.1, 0.15) is 6.10 Å². The summed E-state index contributed by atoms with van der Waals surface area (Å²) in [5, 5.41) is 13.5. The molecule has 9 nitrogen and oxygen atoms in total. The fourth-order valence-corrected chi connectivity index (χ4v) is 7.18. The minimum Gasteiger partial charge on any atom is -0.481 e. The normalized spacial score (nSPS) is 22.0. The lowest BCUT2D eigenvalue weighted by Gasteiger charge is -2.49. The van der Waals surface area contributed by atoms with Gasteiger partial charge in [0.15, 0.2) is 5.79 Å². The topological polar surface area (TPSA) is 131 Å². The lowest BCUT2D eigenvalue weighted by molar-refractivity contribution is -0.304. The third kappa shape index (κ3) is 10.9. The highest BCUT2D eigenvalue weighted by Gasteiger charge is 2.53. The van der Waals surface area contributed by atoms with E-state index in [4.69, 9.17) is 15.2 Å². The van der Waals surface area contributed by atoms with Crippen LogP contribution in [0.15, 0.2) is 0 Å². The zero-order chi connectivity index (χ0) is 32.1. The quantitative estimate of drug-likeness (QED) is 0.126. The second-order valence-electron chi connectivity index (χ2n) is 14.2. The zero-order valence-corrected chi connectivity index (χ0v) is 28.2. The summed E-state index contributed by atoms with van der Waals surface area (Å²) in [5.74, 6) is -3.26. The number of carboxylic acids is 1. The van der Waals surface area contributed by atoms with E-state index in [1.807, 2.05) is 13.8 Å². The number of hydrogen-bond acceptors (Lipinski definition) is 5. The molecule has 1 saturated carbocycles. The van der Waals surface area contributed by atoms with Crippen LogP contribution in [0, 0.1) is 11.3 Å². The van der Waals surface area contributed by atoms with E-state index in [0.717, 1.165) is 57.8 Å². The Bertz CT molecular complexity index is 870. The molecule has 43 heavy (non-hydrogen) atoms. The number of carbonyl (C=O) groups is 3. The van der Waals surface area contributed by atoms with Crippen LogP contribution in [-0.2, 0) is 19.1 Å². The lowest BCUT2D eigenvalue weighted by atomic mass is 9.78. The Balaban J connectivity index is 2.24. The van der Waals surface area contributed by atoms with Crippen LogP contribution in [0.5, 0.6) is 0 Å². The summed E-state index contributed by atoms with van der Waals surface area (Å²) >= 11 is 0. The molecule has 3 unspecified atom stereocenters. The second kappa shape index (κ2) is 17.6. The number of carbonyl (C=O) groups excluding carboxylic acids is 2. The fourth-order valence-electron chi connectivity index (χ4n) is 7.18. The predicted octanol–water partition coefficient (Wildman–Crippen LogP) is 7.15. The maximum absolute atomic E-state index is 13.5. The Labute approximate surface area is 261 Å². The standard InChI is InChI=1S/C34H63N3O6/c1-7-9-11-12-13-14-15-17-21-26(20-16-10-8-2)37(31(35)41)34(22-18-19-23-34)27(30(39)40)24-36-29(38)28-32(3,4)25-42-33(5,6)43-28/h26-28H,7-25H2,1-6H3,(H2,35,41)(H,36,38)(H,39,40). The molecule has 0 aromatic heterocycles. The molecule has 0 aromatic carbocycles. The maximum Gasteiger partial charge on any atom is 0.315 e. The van der Waals surface area contributed by atoms with Crippen LogP contribution < -0.4 is 11.1 Å². The summed E-state index contributed by atoms with van der Waals surface area (Å²) in [6.45, 7) is 12.0. The van der Waals surface area contributed by atoms with Gasteiger partial charge in [-0.05, 0) is 39.5 Å². The van der Waals surface area contributed by atoms with Crippen molar-refractivity contribution >= 4 is 17.9 Å². The van der Waals surface area contributed by atoms with Crippen LogP contribution in [0.25, 0.3) is 0 Å². The van der Waals surface area contributed by atoms with Crippen molar-refractivity contribution in [2.75, 3.05) is 13.2 Å². The number of unbranched alkanes of at least 4 members (excludes halogenated alkanes) is 9. The number of amides is 3. The van der Waals surface area contributed by atoms with Crippen LogP contribution in [0.3, 0.4) is 0 Å². The molecule has 0 aromatic rings. The first-order chi connectivity index (χ1) is 20.3. The van der Waals surface area contributed by atoms with Gasteiger partial charge in [0, 0.05) is 18.0 Å². The Morgan fingerprint density at radius 1 is 0.884 bits per heavy atom. The van der Waals surface area contributed by atoms with Gasteiger partial charge in [-0.3, -0.25) is 9.59 Å². The largest absolute Gasteiger partial charge is 0.481 e. The van der Waals surface area contributed by atoms with Crippen molar-refractivity contribution in [3.05, 3.63) is 0 Å². The number of rotatable bonds is 20. The van der Waals surface area contributed by atoms with Crippen LogP contribution >= 0.6 is 0 Å². The molecule has 2 fully saturated rings. The molecule has 250 valence electrons. The van der Waals surface area contributed by atoms with E-state index in [0.29, 0.717) is 19.4 Å². The lowest BCUT2D eigenvalue weighted by Crippen LogP contribution is -2.64. The molecule has 0 bridgehead atoms. The number of nitrogens with one attached hydrogen (secondary N) is 1. The van der Waals surface area contributed by atoms with Crippen LogP contribution in [-0.4, -0.2) is 64.5 Å². The smallest absolute Gasteiger partial charge is 0.315 e. The van der Waals surface area contributed by atoms with Gasteiger partial charge in [-0.2, -0.15) is 0 Å². The maximum atomic E-state index is 13.5. The Kier molecular flexibility index (Phi) is 15.3. The molecule has 9 heteroatoms. The molecular weight excluding hydrogens is 546 g/mol. The van der Waals surface area contributed by atoms with Crippen molar-refractivity contribution in [1.29, 1.82) is 0 Å². The van der Waals surface area contributed by atoms with Crippen LogP contribution in [0.4, 0.5) is 4.79 Å². The van der Waals surface area contributed by atoms with Gasteiger partial charge in [0.25, 0.3) is 0 Å². The minimum absolute atomic E-state index is 0.0887. The molecule has 3 amide bonds. The first-order valence-corrected chi connectivity index (χ1v) is 17.2. The summed E-state index contributed by atoms with van der Waals surface area (Å²) in [6.07, 6.45) is 16.3. The summed E-state index contributed by atoms with van der Waals surface area (Å²) in [6, 6.07) is -0.658. The first kappa shape index (κ1) is 37.3. The number of primary amides is 1. The van der Waals surface area contributed by atoms with E-state index < -0.39 is 40.8 Å². The van der Waals surface area contributed by atoms with Crippen LogP contribution in [0.1, 0.15) is 151 Å². The Morgan fingerprint density at radius 2 is 1.40 bits per heavy atom. The van der Waals surface area contributed by atoms with E-state index in [-0.39, 0.29) is 18.5 Å². The molecule has 2 aliphatic rings. The number of hydrogen-bond donors (Lipinski definition) is 3. The van der Waals surface area contributed by atoms with Gasteiger partial charge in [0.2, 0.25) is 5.91 Å². The van der Waals surface area contributed by atoms with Crippen LogP contribution in [0.2, 0.25) is 0 Å². The molecule has 1 aliphatic carbocycles. The Morgan fingerprint density at radius 3 is 1.93 bits per heavy atom. The van der Waals surface area contributed by atoms with E-state index >= 15 is 0 Å². The third-order valence-corrected chi connectivity index (χ3v) is 9.65. The van der Waals surface area contributed by atoms with E-state index in [1.54, 1.807) is 18.7 Å². The molecule has 1 aliphatic heterocycles. The van der Waals surface area contributed by atoms with Crippen molar-refractivity contribution in [3.8, 4) is 0 Å². The van der Waals surface area contributed by atoms with Crippen molar-refractivity contribution < 1.29 is 29.0 Å². The average Bonchev–Trinajstić information content (AvgIpc) is 3.41. The third-order valence-electron chi connectivity index (χ3n) is 9.65. The highest BCUT2D eigenvalue weighted by Crippen LogP contribution is 2.44. The fraction of sp³-hybridized carbons (Fsp3) is 0.912. The van der Waals surface area contributed by atoms with Gasteiger partial charge < -0.3 is 30.5 Å². The van der Waals surface area contributed by atoms with Gasteiger partial charge >= 0.3 is 12.0 Å².